The summed E-state index contributed by atoms with van der Waals surface area (Å²) in [4.78, 5) is 17.1. The summed E-state index contributed by atoms with van der Waals surface area (Å²) in [7, 11) is 3.15. The minimum absolute atomic E-state index is 0.118. The van der Waals surface area contributed by atoms with Crippen LogP contribution in [0.4, 0.5) is 5.69 Å². The van der Waals surface area contributed by atoms with E-state index in [2.05, 4.69) is 18.3 Å². The highest BCUT2D eigenvalue weighted by Crippen LogP contribution is 2.30. The molecule has 0 bridgehead atoms. The number of amides is 1. The van der Waals surface area contributed by atoms with Crippen molar-refractivity contribution in [3.63, 3.8) is 0 Å². The molecule has 0 fully saturated rings. The van der Waals surface area contributed by atoms with E-state index in [9.17, 15) is 4.79 Å². The zero-order chi connectivity index (χ0) is 19.4. The summed E-state index contributed by atoms with van der Waals surface area (Å²) in [6, 6.07) is 13.5. The number of aryl methyl sites for hydroxylation is 2. The second-order valence-electron chi connectivity index (χ2n) is 6.15. The van der Waals surface area contributed by atoms with Gasteiger partial charge in [0, 0.05) is 11.5 Å². The third-order valence-corrected chi connectivity index (χ3v) is 5.17. The SMILES string of the molecule is COc1ccc(NC(=O)CSc2cc(C)c3cccc(C)c3n2)c(OC)c1. The maximum absolute atomic E-state index is 12.4. The van der Waals surface area contributed by atoms with Crippen LogP contribution < -0.4 is 14.8 Å². The van der Waals surface area contributed by atoms with E-state index in [1.54, 1.807) is 32.4 Å². The van der Waals surface area contributed by atoms with Crippen molar-refractivity contribution in [1.82, 2.24) is 4.98 Å². The molecule has 2 aromatic carbocycles. The summed E-state index contributed by atoms with van der Waals surface area (Å²) in [5.41, 5.74) is 3.88. The van der Waals surface area contributed by atoms with E-state index in [1.807, 2.05) is 25.1 Å². The number of nitrogens with zero attached hydrogens (tertiary/aromatic N) is 1. The molecule has 0 saturated heterocycles. The fraction of sp³-hybridized carbons (Fsp3) is 0.238. The predicted molar refractivity (Wildman–Crippen MR) is 110 cm³/mol. The van der Waals surface area contributed by atoms with Crippen LogP contribution in [-0.2, 0) is 4.79 Å². The molecule has 27 heavy (non-hydrogen) atoms. The van der Waals surface area contributed by atoms with Crippen molar-refractivity contribution in [1.29, 1.82) is 0 Å². The van der Waals surface area contributed by atoms with E-state index >= 15 is 0 Å². The lowest BCUT2D eigenvalue weighted by Crippen LogP contribution is -2.14. The summed E-state index contributed by atoms with van der Waals surface area (Å²) < 4.78 is 10.5. The zero-order valence-electron chi connectivity index (χ0n) is 15.8. The Morgan fingerprint density at radius 1 is 1.07 bits per heavy atom. The number of para-hydroxylation sites is 1. The maximum atomic E-state index is 12.4. The Morgan fingerprint density at radius 2 is 1.89 bits per heavy atom. The van der Waals surface area contributed by atoms with Crippen molar-refractivity contribution < 1.29 is 14.3 Å². The molecule has 0 saturated carbocycles. The van der Waals surface area contributed by atoms with Crippen molar-refractivity contribution in [3.8, 4) is 11.5 Å². The Kier molecular flexibility index (Phi) is 5.86. The normalized spacial score (nSPS) is 10.7. The monoisotopic (exact) mass is 382 g/mol. The van der Waals surface area contributed by atoms with Gasteiger partial charge in [-0.3, -0.25) is 4.79 Å². The van der Waals surface area contributed by atoms with Gasteiger partial charge in [0.15, 0.2) is 0 Å². The first-order valence-corrected chi connectivity index (χ1v) is 9.52. The molecule has 140 valence electrons. The Balaban J connectivity index is 1.71. The van der Waals surface area contributed by atoms with Gasteiger partial charge in [-0.05, 0) is 43.2 Å². The number of nitrogens with one attached hydrogen (secondary N) is 1. The molecule has 0 aliphatic rings. The van der Waals surface area contributed by atoms with Crippen LogP contribution in [0.1, 0.15) is 11.1 Å². The van der Waals surface area contributed by atoms with Crippen LogP contribution in [-0.4, -0.2) is 30.9 Å². The molecule has 0 unspecified atom stereocenters. The fourth-order valence-electron chi connectivity index (χ4n) is 2.83. The first-order valence-electron chi connectivity index (χ1n) is 8.53. The number of hydrogen-bond acceptors (Lipinski definition) is 5. The number of rotatable bonds is 6. The molecule has 0 spiro atoms. The highest BCUT2D eigenvalue weighted by molar-refractivity contribution is 7.99. The lowest BCUT2D eigenvalue weighted by molar-refractivity contribution is -0.113. The quantitative estimate of drug-likeness (QED) is 0.632. The molecular weight excluding hydrogens is 360 g/mol. The topological polar surface area (TPSA) is 60.5 Å². The standard InChI is InChI=1S/C21H22N2O3S/c1-13-6-5-7-16-14(2)10-20(23-21(13)16)27-12-19(24)22-17-9-8-15(25-3)11-18(17)26-4/h5-11H,12H2,1-4H3,(H,22,24). The average molecular weight is 382 g/mol. The van der Waals surface area contributed by atoms with Crippen LogP contribution in [0.25, 0.3) is 10.9 Å². The van der Waals surface area contributed by atoms with E-state index in [4.69, 9.17) is 14.5 Å². The van der Waals surface area contributed by atoms with Gasteiger partial charge in [0.1, 0.15) is 11.5 Å². The van der Waals surface area contributed by atoms with Crippen LogP contribution in [0, 0.1) is 13.8 Å². The zero-order valence-corrected chi connectivity index (χ0v) is 16.6. The average Bonchev–Trinajstić information content (AvgIpc) is 2.67. The van der Waals surface area contributed by atoms with Crippen LogP contribution >= 0.6 is 11.8 Å². The summed E-state index contributed by atoms with van der Waals surface area (Å²) in [6.45, 7) is 4.11. The van der Waals surface area contributed by atoms with E-state index in [0.717, 1.165) is 27.1 Å². The number of thioether (sulfide) groups is 1. The minimum atomic E-state index is -0.118. The molecule has 3 aromatic rings. The van der Waals surface area contributed by atoms with E-state index in [-0.39, 0.29) is 11.7 Å². The van der Waals surface area contributed by atoms with Gasteiger partial charge in [-0.1, -0.05) is 30.0 Å². The van der Waals surface area contributed by atoms with E-state index in [0.29, 0.717) is 17.2 Å². The number of ether oxygens (including phenoxy) is 2. The molecule has 3 rings (SSSR count). The molecule has 1 N–H and O–H groups in total. The number of fused-ring (bicyclic) bond motifs is 1. The molecule has 0 aliphatic heterocycles. The molecule has 0 atom stereocenters. The van der Waals surface area contributed by atoms with Crippen molar-refractivity contribution in [2.75, 3.05) is 25.3 Å². The first-order chi connectivity index (χ1) is 13.0. The van der Waals surface area contributed by atoms with Gasteiger partial charge in [0.05, 0.1) is 36.2 Å². The molecule has 1 amide bonds. The molecule has 0 aliphatic carbocycles. The maximum Gasteiger partial charge on any atom is 0.234 e. The second kappa shape index (κ2) is 8.31. The first kappa shape index (κ1) is 19.0. The van der Waals surface area contributed by atoms with Crippen LogP contribution in [0.5, 0.6) is 11.5 Å². The lowest BCUT2D eigenvalue weighted by atomic mass is 10.1. The summed E-state index contributed by atoms with van der Waals surface area (Å²) in [5.74, 6) is 1.38. The molecule has 5 nitrogen and oxygen atoms in total. The van der Waals surface area contributed by atoms with Gasteiger partial charge < -0.3 is 14.8 Å². The van der Waals surface area contributed by atoms with E-state index in [1.165, 1.54) is 11.8 Å². The van der Waals surface area contributed by atoms with Crippen molar-refractivity contribution in [2.45, 2.75) is 18.9 Å². The van der Waals surface area contributed by atoms with Gasteiger partial charge in [-0.15, -0.1) is 0 Å². The number of benzene rings is 2. The number of anilines is 1. The summed E-state index contributed by atoms with van der Waals surface area (Å²) >= 11 is 1.42. The largest absolute Gasteiger partial charge is 0.497 e. The number of pyridine rings is 1. The molecule has 6 heteroatoms. The third-order valence-electron chi connectivity index (χ3n) is 4.26. The molecule has 1 heterocycles. The molecule has 1 aromatic heterocycles. The summed E-state index contributed by atoms with van der Waals surface area (Å²) in [6.07, 6.45) is 0. The lowest BCUT2D eigenvalue weighted by Gasteiger charge is -2.12. The smallest absolute Gasteiger partial charge is 0.234 e. The van der Waals surface area contributed by atoms with Gasteiger partial charge in [0.25, 0.3) is 0 Å². The van der Waals surface area contributed by atoms with Gasteiger partial charge in [-0.2, -0.15) is 0 Å². The Hall–Kier alpha value is -2.73. The predicted octanol–water partition coefficient (Wildman–Crippen LogP) is 4.60. The number of hydrogen-bond donors (Lipinski definition) is 1. The number of carbonyl (C=O) groups excluding carboxylic acids is 1. The highest BCUT2D eigenvalue weighted by atomic mass is 32.2. The van der Waals surface area contributed by atoms with Crippen molar-refractivity contribution in [2.24, 2.45) is 0 Å². The Labute approximate surface area is 163 Å². The van der Waals surface area contributed by atoms with E-state index < -0.39 is 0 Å². The molecule has 0 radical (unpaired) electrons. The van der Waals surface area contributed by atoms with Crippen molar-refractivity contribution >= 4 is 34.3 Å². The number of methoxy groups -OCH3 is 2. The van der Waals surface area contributed by atoms with Gasteiger partial charge in [-0.25, -0.2) is 4.98 Å². The summed E-state index contributed by atoms with van der Waals surface area (Å²) in [5, 5.41) is 4.86. The fourth-order valence-corrected chi connectivity index (χ4v) is 3.60. The highest BCUT2D eigenvalue weighted by Gasteiger charge is 2.11. The number of aromatic nitrogens is 1. The molecular formula is C21H22N2O3S. The minimum Gasteiger partial charge on any atom is -0.497 e. The van der Waals surface area contributed by atoms with Gasteiger partial charge >= 0.3 is 0 Å². The van der Waals surface area contributed by atoms with Crippen LogP contribution in [0.2, 0.25) is 0 Å². The van der Waals surface area contributed by atoms with Crippen LogP contribution in [0.15, 0.2) is 47.5 Å². The third kappa shape index (κ3) is 4.34. The Bertz CT molecular complexity index is 989. The Morgan fingerprint density at radius 3 is 2.63 bits per heavy atom. The van der Waals surface area contributed by atoms with Crippen LogP contribution in [0.3, 0.4) is 0 Å². The van der Waals surface area contributed by atoms with Crippen molar-refractivity contribution in [3.05, 3.63) is 53.6 Å². The second-order valence-corrected chi connectivity index (χ2v) is 7.15. The number of carbonyl (C=O) groups is 1. The van der Waals surface area contributed by atoms with Gasteiger partial charge in [0.2, 0.25) is 5.91 Å².